The van der Waals surface area contributed by atoms with Crippen LogP contribution in [0.5, 0.6) is 0 Å². The van der Waals surface area contributed by atoms with Crippen molar-refractivity contribution in [2.24, 2.45) is 0 Å². The molecular formula is C19H20N4O2. The van der Waals surface area contributed by atoms with E-state index in [0.29, 0.717) is 5.69 Å². The predicted octanol–water partition coefficient (Wildman–Crippen LogP) is 0.741. The zero-order valence-electron chi connectivity index (χ0n) is 14.4. The molecule has 2 aromatic heterocycles. The van der Waals surface area contributed by atoms with Crippen LogP contribution in [-0.2, 0) is 5.41 Å². The lowest BCUT2D eigenvalue weighted by Gasteiger charge is -2.16. The SMILES string of the molecule is CC(C)(C)c1[nH]cnc1/C=c1\[nH]c(=O)c(=Cc2ccccc2)[nH]c1=O. The highest BCUT2D eigenvalue weighted by Gasteiger charge is 2.19. The third kappa shape index (κ3) is 3.68. The van der Waals surface area contributed by atoms with Crippen LogP contribution >= 0.6 is 0 Å². The Labute approximate surface area is 144 Å². The van der Waals surface area contributed by atoms with E-state index >= 15 is 0 Å². The summed E-state index contributed by atoms with van der Waals surface area (Å²) in [5, 5.41) is 0.388. The number of rotatable bonds is 2. The summed E-state index contributed by atoms with van der Waals surface area (Å²) in [5.74, 6) is 0. The van der Waals surface area contributed by atoms with Gasteiger partial charge in [-0.15, -0.1) is 0 Å². The van der Waals surface area contributed by atoms with Crippen molar-refractivity contribution in [3.05, 3.63) is 85.0 Å². The molecule has 3 aromatic rings. The number of nitrogens with zero attached hydrogens (tertiary/aromatic N) is 1. The number of hydrogen-bond donors (Lipinski definition) is 3. The lowest BCUT2D eigenvalue weighted by atomic mass is 9.90. The van der Waals surface area contributed by atoms with Gasteiger partial charge in [-0.25, -0.2) is 4.98 Å². The van der Waals surface area contributed by atoms with E-state index in [1.165, 1.54) is 0 Å². The molecule has 0 aliphatic heterocycles. The Bertz CT molecular complexity index is 1110. The van der Waals surface area contributed by atoms with E-state index in [-0.39, 0.29) is 27.2 Å². The van der Waals surface area contributed by atoms with E-state index < -0.39 is 0 Å². The second-order valence-electron chi connectivity index (χ2n) is 6.85. The number of nitrogens with one attached hydrogen (secondary N) is 3. The monoisotopic (exact) mass is 336 g/mol. The molecule has 0 fully saturated rings. The number of H-pyrrole nitrogens is 3. The van der Waals surface area contributed by atoms with Crippen molar-refractivity contribution in [2.75, 3.05) is 0 Å². The maximum atomic E-state index is 12.4. The summed E-state index contributed by atoms with van der Waals surface area (Å²) in [6.45, 7) is 6.13. The van der Waals surface area contributed by atoms with Crippen molar-refractivity contribution in [1.29, 1.82) is 0 Å². The summed E-state index contributed by atoms with van der Waals surface area (Å²) in [4.78, 5) is 37.3. The van der Waals surface area contributed by atoms with Gasteiger partial charge >= 0.3 is 0 Å². The molecule has 0 unspecified atom stereocenters. The molecule has 0 spiro atoms. The van der Waals surface area contributed by atoms with Gasteiger partial charge in [0.2, 0.25) is 0 Å². The molecule has 0 saturated carbocycles. The van der Waals surface area contributed by atoms with Crippen molar-refractivity contribution in [3.63, 3.8) is 0 Å². The molecule has 0 saturated heterocycles. The van der Waals surface area contributed by atoms with Crippen LogP contribution in [0.2, 0.25) is 0 Å². The second kappa shape index (κ2) is 6.39. The van der Waals surface area contributed by atoms with Crippen molar-refractivity contribution in [2.45, 2.75) is 26.2 Å². The Hall–Kier alpha value is -3.15. The Balaban J connectivity index is 2.14. The first-order valence-electron chi connectivity index (χ1n) is 7.99. The number of imidazole rings is 1. The predicted molar refractivity (Wildman–Crippen MR) is 97.8 cm³/mol. The van der Waals surface area contributed by atoms with Gasteiger partial charge in [0.1, 0.15) is 10.7 Å². The molecule has 0 aliphatic rings. The smallest absolute Gasteiger partial charge is 0.272 e. The van der Waals surface area contributed by atoms with Crippen molar-refractivity contribution in [3.8, 4) is 0 Å². The van der Waals surface area contributed by atoms with Gasteiger partial charge in [-0.3, -0.25) is 9.59 Å². The summed E-state index contributed by atoms with van der Waals surface area (Å²) < 4.78 is 0. The molecule has 6 heteroatoms. The van der Waals surface area contributed by atoms with Crippen LogP contribution in [0.1, 0.15) is 37.7 Å². The fourth-order valence-corrected chi connectivity index (χ4v) is 2.56. The van der Waals surface area contributed by atoms with Crippen LogP contribution in [0.4, 0.5) is 0 Å². The van der Waals surface area contributed by atoms with Crippen molar-refractivity contribution >= 4 is 12.2 Å². The second-order valence-corrected chi connectivity index (χ2v) is 6.85. The average Bonchev–Trinajstić information content (AvgIpc) is 3.02. The van der Waals surface area contributed by atoms with E-state index in [4.69, 9.17) is 0 Å². The molecule has 6 nitrogen and oxygen atoms in total. The Morgan fingerprint density at radius 1 is 0.920 bits per heavy atom. The summed E-state index contributed by atoms with van der Waals surface area (Å²) in [6.07, 6.45) is 4.80. The van der Waals surface area contributed by atoms with Crippen LogP contribution in [0.15, 0.2) is 46.2 Å². The average molecular weight is 336 g/mol. The standard InChI is InChI=1S/C19H20N4O2/c1-19(2,3)16-13(20-11-21-16)10-15-18(25)22-14(17(24)23-15)9-12-7-5-4-6-8-12/h4-11H,1-3H3,(H,20,21)(H,22,25)(H,23,24)/b14-9?,15-10-. The van der Waals surface area contributed by atoms with Gasteiger partial charge in [0.15, 0.2) is 0 Å². The molecule has 0 atom stereocenters. The van der Waals surface area contributed by atoms with Gasteiger partial charge in [-0.05, 0) is 17.7 Å². The maximum absolute atomic E-state index is 12.4. The van der Waals surface area contributed by atoms with Gasteiger partial charge in [0.25, 0.3) is 11.1 Å². The van der Waals surface area contributed by atoms with Crippen molar-refractivity contribution < 1.29 is 0 Å². The number of aromatic amines is 3. The molecule has 3 rings (SSSR count). The van der Waals surface area contributed by atoms with Crippen LogP contribution < -0.4 is 21.8 Å². The van der Waals surface area contributed by atoms with Gasteiger partial charge in [-0.1, -0.05) is 51.1 Å². The summed E-state index contributed by atoms with van der Waals surface area (Å²) in [6, 6.07) is 9.34. The third-order valence-electron chi connectivity index (χ3n) is 3.80. The van der Waals surface area contributed by atoms with Gasteiger partial charge in [0.05, 0.1) is 12.0 Å². The molecule has 0 radical (unpaired) electrons. The molecule has 1 aromatic carbocycles. The third-order valence-corrected chi connectivity index (χ3v) is 3.80. The van der Waals surface area contributed by atoms with E-state index in [0.717, 1.165) is 11.3 Å². The first kappa shape index (κ1) is 16.7. The first-order valence-corrected chi connectivity index (χ1v) is 7.99. The van der Waals surface area contributed by atoms with Crippen LogP contribution in [0, 0.1) is 0 Å². The van der Waals surface area contributed by atoms with Crippen molar-refractivity contribution in [1.82, 2.24) is 19.9 Å². The fraction of sp³-hybridized carbons (Fsp3) is 0.211. The molecule has 3 N–H and O–H groups in total. The highest BCUT2D eigenvalue weighted by molar-refractivity contribution is 5.49. The Morgan fingerprint density at radius 3 is 2.12 bits per heavy atom. The van der Waals surface area contributed by atoms with Crippen LogP contribution in [0.25, 0.3) is 12.2 Å². The largest absolute Gasteiger partial charge is 0.348 e. The number of benzene rings is 1. The molecular weight excluding hydrogens is 316 g/mol. The lowest BCUT2D eigenvalue weighted by molar-refractivity contribution is 0.571. The van der Waals surface area contributed by atoms with E-state index in [2.05, 4.69) is 19.9 Å². The van der Waals surface area contributed by atoms with E-state index in [9.17, 15) is 9.59 Å². The zero-order chi connectivity index (χ0) is 18.0. The van der Waals surface area contributed by atoms with Crippen LogP contribution in [-0.4, -0.2) is 19.9 Å². The molecule has 128 valence electrons. The summed E-state index contributed by atoms with van der Waals surface area (Å²) in [7, 11) is 0. The van der Waals surface area contributed by atoms with E-state index in [1.807, 2.05) is 51.1 Å². The van der Waals surface area contributed by atoms with E-state index in [1.54, 1.807) is 18.5 Å². The molecule has 2 heterocycles. The topological polar surface area (TPSA) is 94.4 Å². The zero-order valence-corrected chi connectivity index (χ0v) is 14.4. The van der Waals surface area contributed by atoms with Gasteiger partial charge in [-0.2, -0.15) is 0 Å². The minimum absolute atomic E-state index is 0.156. The Kier molecular flexibility index (Phi) is 4.27. The normalized spacial score (nSPS) is 13.4. The maximum Gasteiger partial charge on any atom is 0.272 e. The number of hydrogen-bond acceptors (Lipinski definition) is 3. The molecule has 0 aliphatic carbocycles. The quantitative estimate of drug-likeness (QED) is 0.644. The van der Waals surface area contributed by atoms with Gasteiger partial charge in [0, 0.05) is 11.1 Å². The minimum Gasteiger partial charge on any atom is -0.348 e. The highest BCUT2D eigenvalue weighted by Crippen LogP contribution is 2.22. The summed E-state index contributed by atoms with van der Waals surface area (Å²) in [5.41, 5.74) is 1.48. The minimum atomic E-state index is -0.371. The van der Waals surface area contributed by atoms with Gasteiger partial charge < -0.3 is 15.0 Å². The molecule has 0 bridgehead atoms. The molecule has 25 heavy (non-hydrogen) atoms. The van der Waals surface area contributed by atoms with Crippen LogP contribution in [0.3, 0.4) is 0 Å². The number of aromatic nitrogens is 4. The summed E-state index contributed by atoms with van der Waals surface area (Å²) >= 11 is 0. The first-order chi connectivity index (χ1) is 11.8. The Morgan fingerprint density at radius 2 is 1.52 bits per heavy atom. The highest BCUT2D eigenvalue weighted by atomic mass is 16.1. The fourth-order valence-electron chi connectivity index (χ4n) is 2.56. The lowest BCUT2D eigenvalue weighted by Crippen LogP contribution is -2.46. The molecule has 0 amide bonds.